The number of benzene rings is 1. The quantitative estimate of drug-likeness (QED) is 0.0766. The summed E-state index contributed by atoms with van der Waals surface area (Å²) in [5, 5.41) is -1.98. The zero-order valence-corrected chi connectivity index (χ0v) is 30.6. The predicted molar refractivity (Wildman–Crippen MR) is 166 cm³/mol. The van der Waals surface area contributed by atoms with Gasteiger partial charge in [-0.15, -0.1) is 0 Å². The Morgan fingerprint density at radius 3 is 1.48 bits per heavy atom. The first kappa shape index (κ1) is 35.5. The summed E-state index contributed by atoms with van der Waals surface area (Å²) in [7, 11) is -13.6. The van der Waals surface area contributed by atoms with E-state index in [2.05, 4.69) is 0 Å². The number of rotatable bonds is 16. The van der Waals surface area contributed by atoms with Crippen LogP contribution in [0.15, 0.2) is 24.3 Å². The van der Waals surface area contributed by atoms with E-state index in [0.717, 1.165) is 0 Å². The minimum Gasteiger partial charge on any atom is -0.393 e. The molecule has 1 heterocycles. The molecule has 2 rings (SSSR count). The lowest BCUT2D eigenvalue weighted by Gasteiger charge is -2.47. The van der Waals surface area contributed by atoms with Crippen molar-refractivity contribution in [3.05, 3.63) is 35.4 Å². The predicted octanol–water partition coefficient (Wildman–Crippen LogP) is 7.73. The highest BCUT2D eigenvalue weighted by atomic mass is 31.2. The third-order valence-corrected chi connectivity index (χ3v) is 18.2. The van der Waals surface area contributed by atoms with E-state index in [1.807, 2.05) is 58.9 Å². The van der Waals surface area contributed by atoms with Crippen LogP contribution >= 0.6 is 15.2 Å². The summed E-state index contributed by atoms with van der Waals surface area (Å²) < 4.78 is 59.8. The van der Waals surface area contributed by atoms with Gasteiger partial charge in [-0.1, -0.05) is 18.6 Å². The van der Waals surface area contributed by atoms with Crippen LogP contribution in [0.5, 0.6) is 0 Å². The lowest BCUT2D eigenvalue weighted by Crippen LogP contribution is -2.47. The highest BCUT2D eigenvalue weighted by Crippen LogP contribution is 2.81. The average Bonchev–Trinajstić information content (AvgIpc) is 3.04. The minimum absolute atomic E-state index is 0.0184. The van der Waals surface area contributed by atoms with E-state index < -0.39 is 45.2 Å². The van der Waals surface area contributed by atoms with E-state index in [1.165, 1.54) is 19.1 Å². The third kappa shape index (κ3) is 8.21. The summed E-state index contributed by atoms with van der Waals surface area (Å²) in [6.07, 6.45) is 1.42. The first-order valence-corrected chi connectivity index (χ1v) is 26.8. The van der Waals surface area contributed by atoms with Crippen molar-refractivity contribution in [1.82, 2.24) is 4.90 Å². The third-order valence-electron chi connectivity index (χ3n) is 5.86. The SMILES string of the molecule is COP(=O)(O[Si](C)(C)C)C(CCCCCN1C(=O)c2ccccc2C1=O)(O[Si](C)(C)C)P(=O)(OC)O[Si](C)(C)C. The van der Waals surface area contributed by atoms with Crippen molar-refractivity contribution in [2.75, 3.05) is 20.8 Å². The molecule has 1 aliphatic heterocycles. The van der Waals surface area contributed by atoms with E-state index >= 15 is 0 Å². The fourth-order valence-electron chi connectivity index (χ4n) is 4.54. The zero-order chi connectivity index (χ0) is 30.8. The van der Waals surface area contributed by atoms with Gasteiger partial charge in [0.15, 0.2) is 25.0 Å². The molecule has 2 atom stereocenters. The number of carbonyl (C=O) groups excluding carboxylic acids is 2. The van der Waals surface area contributed by atoms with Crippen molar-refractivity contribution < 1.29 is 40.6 Å². The molecular weight excluding hydrogens is 604 g/mol. The van der Waals surface area contributed by atoms with Crippen molar-refractivity contribution in [3.63, 3.8) is 0 Å². The highest BCUT2D eigenvalue weighted by Gasteiger charge is 2.68. The number of hydrogen-bond acceptors (Lipinski definition) is 9. The van der Waals surface area contributed by atoms with Crippen molar-refractivity contribution in [2.24, 2.45) is 0 Å². The molecule has 2 unspecified atom stereocenters. The monoisotopic (exact) mass is 651 g/mol. The van der Waals surface area contributed by atoms with Gasteiger partial charge in [0.2, 0.25) is 0 Å². The molecule has 0 fully saturated rings. The molecule has 0 N–H and O–H groups in total. The topological polar surface area (TPSA) is 118 Å². The van der Waals surface area contributed by atoms with Crippen LogP contribution in [0.4, 0.5) is 0 Å². The summed E-state index contributed by atoms with van der Waals surface area (Å²) in [6, 6.07) is 6.77. The summed E-state index contributed by atoms with van der Waals surface area (Å²) in [4.78, 5) is 26.8. The van der Waals surface area contributed by atoms with Gasteiger partial charge in [-0.3, -0.25) is 23.6 Å². The Morgan fingerprint density at radius 1 is 0.700 bits per heavy atom. The number of fused-ring (bicyclic) bond motifs is 1. The van der Waals surface area contributed by atoms with E-state index in [-0.39, 0.29) is 24.8 Å². The Hall–Kier alpha value is -0.729. The van der Waals surface area contributed by atoms with Gasteiger partial charge < -0.3 is 21.9 Å². The Morgan fingerprint density at radius 2 is 1.12 bits per heavy atom. The van der Waals surface area contributed by atoms with Crippen LogP contribution in [0.2, 0.25) is 58.9 Å². The molecule has 0 bridgehead atoms. The average molecular weight is 652 g/mol. The molecule has 0 saturated carbocycles. The lowest BCUT2D eigenvalue weighted by atomic mass is 10.1. The van der Waals surface area contributed by atoms with Gasteiger partial charge >= 0.3 is 15.2 Å². The maximum Gasteiger partial charge on any atom is 0.363 e. The largest absolute Gasteiger partial charge is 0.393 e. The van der Waals surface area contributed by atoms with E-state index in [9.17, 15) is 18.7 Å². The molecule has 228 valence electrons. The van der Waals surface area contributed by atoms with Crippen molar-refractivity contribution >= 4 is 52.0 Å². The Bertz CT molecular complexity index is 1100. The molecule has 2 amide bonds. The van der Waals surface area contributed by atoms with Crippen LogP contribution < -0.4 is 0 Å². The summed E-state index contributed by atoms with van der Waals surface area (Å²) in [5.74, 6) is -0.617. The molecular formula is C25H47NO9P2Si3. The number of nitrogens with zero attached hydrogens (tertiary/aromatic N) is 1. The fraction of sp³-hybridized carbons (Fsp3) is 0.680. The molecule has 1 aromatic carbocycles. The van der Waals surface area contributed by atoms with Gasteiger partial charge in [0.05, 0.1) is 11.1 Å². The smallest absolute Gasteiger partial charge is 0.363 e. The molecule has 40 heavy (non-hydrogen) atoms. The minimum atomic E-state index is -4.25. The van der Waals surface area contributed by atoms with Crippen LogP contribution in [0, 0.1) is 0 Å². The van der Waals surface area contributed by atoms with Crippen LogP contribution in [0.25, 0.3) is 0 Å². The maximum absolute atomic E-state index is 14.7. The van der Waals surface area contributed by atoms with Gasteiger partial charge in [-0.25, -0.2) is 0 Å². The molecule has 0 radical (unpaired) electrons. The van der Waals surface area contributed by atoms with Crippen molar-refractivity contribution in [1.29, 1.82) is 0 Å². The van der Waals surface area contributed by atoms with Gasteiger partial charge in [0, 0.05) is 20.8 Å². The second-order valence-corrected chi connectivity index (χ2v) is 31.7. The number of unbranched alkanes of at least 4 members (excludes halogenated alkanes) is 2. The Balaban J connectivity index is 2.41. The van der Waals surface area contributed by atoms with Crippen molar-refractivity contribution in [2.45, 2.75) is 89.7 Å². The molecule has 1 aliphatic rings. The Labute approximate surface area is 242 Å². The number of carbonyl (C=O) groups is 2. The summed E-state index contributed by atoms with van der Waals surface area (Å²) >= 11 is 0. The van der Waals surface area contributed by atoms with E-state index in [4.69, 9.17) is 21.9 Å². The summed E-state index contributed by atoms with van der Waals surface area (Å²) in [5.41, 5.74) is 0.813. The Kier molecular flexibility index (Phi) is 11.4. The van der Waals surface area contributed by atoms with Crippen LogP contribution in [0.1, 0.15) is 46.4 Å². The lowest BCUT2D eigenvalue weighted by molar-refractivity contribution is 0.0650. The second-order valence-electron chi connectivity index (χ2n) is 12.8. The highest BCUT2D eigenvalue weighted by molar-refractivity contribution is 7.75. The summed E-state index contributed by atoms with van der Waals surface area (Å²) in [6.45, 7) is 17.2. The van der Waals surface area contributed by atoms with Crippen molar-refractivity contribution in [3.8, 4) is 0 Å². The molecule has 15 heteroatoms. The molecule has 0 aliphatic carbocycles. The zero-order valence-electron chi connectivity index (χ0n) is 25.9. The van der Waals surface area contributed by atoms with E-state index in [1.54, 1.807) is 24.3 Å². The van der Waals surface area contributed by atoms with Gasteiger partial charge in [0.1, 0.15) is 0 Å². The number of amides is 2. The first-order valence-electron chi connectivity index (χ1n) is 13.5. The normalized spacial score (nSPS) is 19.2. The second kappa shape index (κ2) is 12.9. The first-order chi connectivity index (χ1) is 18.1. The number of imide groups is 1. The van der Waals surface area contributed by atoms with Gasteiger partial charge in [-0.05, 0) is 90.3 Å². The van der Waals surface area contributed by atoms with Gasteiger partial charge in [-0.2, -0.15) is 0 Å². The fourth-order valence-corrected chi connectivity index (χ4v) is 19.5. The standard InChI is InChI=1S/C25H47NO9P2Si3/c1-31-36(29,34-39(6,7)8)25(33-38(3,4)5,37(30,32-2)35-40(9,10)11)19-15-12-16-20-26-23(27)21-17-13-14-18-22(21)24(26)28/h13-14,17-18H,12,15-16,19-20H2,1-11H3. The molecule has 0 spiro atoms. The molecule has 0 aromatic heterocycles. The van der Waals surface area contributed by atoms with Crippen LogP contribution in [0.3, 0.4) is 0 Å². The molecule has 0 saturated heterocycles. The molecule has 10 nitrogen and oxygen atoms in total. The van der Waals surface area contributed by atoms with Gasteiger partial charge in [0.25, 0.3) is 16.9 Å². The van der Waals surface area contributed by atoms with Crippen LogP contribution in [-0.4, -0.2) is 67.5 Å². The van der Waals surface area contributed by atoms with E-state index in [0.29, 0.717) is 30.4 Å². The maximum atomic E-state index is 14.7. The van der Waals surface area contributed by atoms with Crippen LogP contribution in [-0.2, 0) is 31.0 Å². The molecule has 1 aromatic rings. The number of hydrogen-bond donors (Lipinski definition) is 0.